The lowest BCUT2D eigenvalue weighted by molar-refractivity contribution is -0.128. The van der Waals surface area contributed by atoms with Crippen molar-refractivity contribution in [2.24, 2.45) is 11.8 Å². The predicted molar refractivity (Wildman–Crippen MR) is 73.4 cm³/mol. The van der Waals surface area contributed by atoms with Gasteiger partial charge in [0, 0.05) is 16.3 Å². The molecule has 3 nitrogen and oxygen atoms in total. The molecule has 0 bridgehead atoms. The van der Waals surface area contributed by atoms with Crippen LogP contribution in [0, 0.1) is 18.8 Å². The fourth-order valence-corrected chi connectivity index (χ4v) is 3.69. The van der Waals surface area contributed by atoms with Crippen molar-refractivity contribution in [1.82, 2.24) is 10.2 Å². The van der Waals surface area contributed by atoms with Crippen molar-refractivity contribution in [2.75, 3.05) is 13.1 Å². The van der Waals surface area contributed by atoms with Crippen LogP contribution < -0.4 is 5.32 Å². The number of rotatable bonds is 4. The molecule has 2 atom stereocenters. The summed E-state index contributed by atoms with van der Waals surface area (Å²) in [6.45, 7) is 5.78. The van der Waals surface area contributed by atoms with Crippen LogP contribution in [0.4, 0.5) is 0 Å². The molecule has 1 aromatic heterocycles. The van der Waals surface area contributed by atoms with Gasteiger partial charge in [-0.15, -0.1) is 11.3 Å². The van der Waals surface area contributed by atoms with Crippen molar-refractivity contribution in [3.8, 4) is 0 Å². The SMILES string of the molecule is Cc1ccc(C2NCC(=O)N2CC(C)C2CC2)s1. The molecule has 18 heavy (non-hydrogen) atoms. The van der Waals surface area contributed by atoms with Gasteiger partial charge in [0.2, 0.25) is 5.91 Å². The topological polar surface area (TPSA) is 32.3 Å². The maximum Gasteiger partial charge on any atom is 0.238 e. The number of hydrogen-bond donors (Lipinski definition) is 1. The lowest BCUT2D eigenvalue weighted by Crippen LogP contribution is -2.34. The fraction of sp³-hybridized carbons (Fsp3) is 0.643. The molecule has 0 radical (unpaired) electrons. The van der Waals surface area contributed by atoms with E-state index in [1.807, 2.05) is 4.90 Å². The maximum atomic E-state index is 12.0. The first kappa shape index (κ1) is 12.2. The van der Waals surface area contributed by atoms with Gasteiger partial charge in [0.25, 0.3) is 0 Å². The average molecular weight is 264 g/mol. The van der Waals surface area contributed by atoms with Gasteiger partial charge in [0.1, 0.15) is 6.17 Å². The number of nitrogens with one attached hydrogen (secondary N) is 1. The van der Waals surface area contributed by atoms with E-state index in [9.17, 15) is 4.79 Å². The van der Waals surface area contributed by atoms with Crippen molar-refractivity contribution in [2.45, 2.75) is 32.9 Å². The highest BCUT2D eigenvalue weighted by Gasteiger charge is 2.36. The van der Waals surface area contributed by atoms with E-state index in [1.54, 1.807) is 11.3 Å². The second-order valence-corrected chi connectivity index (χ2v) is 6.91. The Hall–Kier alpha value is -0.870. The molecule has 0 aromatic carbocycles. The molecular weight excluding hydrogens is 244 g/mol. The third-order valence-corrected chi connectivity index (χ3v) is 5.07. The molecule has 1 N–H and O–H groups in total. The molecule has 2 unspecified atom stereocenters. The summed E-state index contributed by atoms with van der Waals surface area (Å²) in [5.74, 6) is 1.74. The van der Waals surface area contributed by atoms with Crippen molar-refractivity contribution < 1.29 is 4.79 Å². The first-order valence-electron chi connectivity index (χ1n) is 6.74. The molecule has 1 aliphatic carbocycles. The lowest BCUT2D eigenvalue weighted by Gasteiger charge is -2.26. The Bertz CT molecular complexity index is 452. The first-order valence-corrected chi connectivity index (χ1v) is 7.56. The summed E-state index contributed by atoms with van der Waals surface area (Å²) in [5.41, 5.74) is 0. The third-order valence-electron chi connectivity index (χ3n) is 4.02. The largest absolute Gasteiger partial charge is 0.321 e. The van der Waals surface area contributed by atoms with Gasteiger partial charge >= 0.3 is 0 Å². The van der Waals surface area contributed by atoms with Gasteiger partial charge in [-0.3, -0.25) is 10.1 Å². The molecule has 1 aliphatic heterocycles. The van der Waals surface area contributed by atoms with Crippen molar-refractivity contribution in [3.63, 3.8) is 0 Å². The van der Waals surface area contributed by atoms with Crippen LogP contribution in [0.3, 0.4) is 0 Å². The molecular formula is C14H20N2OS. The first-order chi connectivity index (χ1) is 8.65. The summed E-state index contributed by atoms with van der Waals surface area (Å²) in [6, 6.07) is 4.28. The van der Waals surface area contributed by atoms with Crippen LogP contribution in [0.25, 0.3) is 0 Å². The monoisotopic (exact) mass is 264 g/mol. The molecule has 1 saturated carbocycles. The van der Waals surface area contributed by atoms with Crippen LogP contribution in [0.5, 0.6) is 0 Å². The van der Waals surface area contributed by atoms with Crippen LogP contribution in [0.1, 0.15) is 35.7 Å². The smallest absolute Gasteiger partial charge is 0.238 e. The van der Waals surface area contributed by atoms with Gasteiger partial charge in [-0.05, 0) is 43.7 Å². The highest BCUT2D eigenvalue weighted by Crippen LogP contribution is 2.38. The number of amides is 1. The summed E-state index contributed by atoms with van der Waals surface area (Å²) in [7, 11) is 0. The van der Waals surface area contributed by atoms with Crippen LogP contribution in [0.2, 0.25) is 0 Å². The minimum Gasteiger partial charge on any atom is -0.321 e. The molecule has 1 amide bonds. The molecule has 98 valence electrons. The normalized spacial score (nSPS) is 25.8. The minimum atomic E-state index is 0.109. The number of thiophene rings is 1. The van der Waals surface area contributed by atoms with Gasteiger partial charge in [0.05, 0.1) is 6.54 Å². The van der Waals surface area contributed by atoms with Crippen LogP contribution in [-0.2, 0) is 4.79 Å². The molecule has 4 heteroatoms. The highest BCUT2D eigenvalue weighted by molar-refractivity contribution is 7.12. The van der Waals surface area contributed by atoms with Gasteiger partial charge in [0.15, 0.2) is 0 Å². The summed E-state index contributed by atoms with van der Waals surface area (Å²) < 4.78 is 0. The number of carbonyl (C=O) groups excluding carboxylic acids is 1. The quantitative estimate of drug-likeness (QED) is 0.906. The average Bonchev–Trinajstić information content (AvgIpc) is 3.02. The summed E-state index contributed by atoms with van der Waals surface area (Å²) in [4.78, 5) is 16.6. The second kappa shape index (κ2) is 4.67. The summed E-state index contributed by atoms with van der Waals surface area (Å²) in [6.07, 6.45) is 2.80. The predicted octanol–water partition coefficient (Wildman–Crippen LogP) is 2.53. The number of hydrogen-bond acceptors (Lipinski definition) is 3. The van der Waals surface area contributed by atoms with E-state index < -0.39 is 0 Å². The van der Waals surface area contributed by atoms with Gasteiger partial charge in [-0.1, -0.05) is 6.92 Å². The zero-order chi connectivity index (χ0) is 12.7. The Kier molecular flexibility index (Phi) is 3.16. The number of carbonyl (C=O) groups is 1. The van der Waals surface area contributed by atoms with E-state index in [2.05, 4.69) is 31.3 Å². The van der Waals surface area contributed by atoms with E-state index in [4.69, 9.17) is 0 Å². The van der Waals surface area contributed by atoms with Crippen molar-refractivity contribution >= 4 is 17.2 Å². The Morgan fingerprint density at radius 2 is 2.28 bits per heavy atom. The van der Waals surface area contributed by atoms with E-state index in [0.717, 1.165) is 12.5 Å². The minimum absolute atomic E-state index is 0.109. The Balaban J connectivity index is 1.74. The third kappa shape index (κ3) is 2.31. The van der Waals surface area contributed by atoms with E-state index in [0.29, 0.717) is 12.5 Å². The molecule has 3 rings (SSSR count). The van der Waals surface area contributed by atoms with E-state index >= 15 is 0 Å². The molecule has 2 aliphatic rings. The van der Waals surface area contributed by atoms with Gasteiger partial charge in [-0.25, -0.2) is 0 Å². The van der Waals surface area contributed by atoms with E-state index in [-0.39, 0.29) is 12.1 Å². The zero-order valence-corrected chi connectivity index (χ0v) is 11.8. The second-order valence-electron chi connectivity index (χ2n) is 5.59. The summed E-state index contributed by atoms with van der Waals surface area (Å²) >= 11 is 1.79. The maximum absolute atomic E-state index is 12.0. The fourth-order valence-electron chi connectivity index (χ4n) is 2.73. The summed E-state index contributed by atoms with van der Waals surface area (Å²) in [5, 5.41) is 3.34. The standard InChI is InChI=1S/C14H20N2OS/c1-9(11-4-5-11)8-16-13(17)7-15-14(16)12-6-3-10(2)18-12/h3,6,9,11,14-15H,4-5,7-8H2,1-2H3. The lowest BCUT2D eigenvalue weighted by atomic mass is 10.1. The van der Waals surface area contributed by atoms with Crippen molar-refractivity contribution in [3.05, 3.63) is 21.9 Å². The highest BCUT2D eigenvalue weighted by atomic mass is 32.1. The van der Waals surface area contributed by atoms with E-state index in [1.165, 1.54) is 22.6 Å². The molecule has 2 fully saturated rings. The number of nitrogens with zero attached hydrogens (tertiary/aromatic N) is 1. The molecule has 0 spiro atoms. The Morgan fingerprint density at radius 3 is 2.89 bits per heavy atom. The van der Waals surface area contributed by atoms with Crippen LogP contribution in [0.15, 0.2) is 12.1 Å². The van der Waals surface area contributed by atoms with Gasteiger partial charge in [-0.2, -0.15) is 0 Å². The molecule has 2 heterocycles. The van der Waals surface area contributed by atoms with Crippen LogP contribution in [-0.4, -0.2) is 23.9 Å². The molecule has 1 aromatic rings. The number of aryl methyl sites for hydroxylation is 1. The Labute approximate surface area is 112 Å². The van der Waals surface area contributed by atoms with Crippen molar-refractivity contribution in [1.29, 1.82) is 0 Å². The zero-order valence-electron chi connectivity index (χ0n) is 11.0. The van der Waals surface area contributed by atoms with Crippen LogP contribution >= 0.6 is 11.3 Å². The molecule has 1 saturated heterocycles. The Morgan fingerprint density at radius 1 is 1.50 bits per heavy atom. The van der Waals surface area contributed by atoms with Gasteiger partial charge < -0.3 is 4.90 Å².